The molecule has 0 spiro atoms. The Morgan fingerprint density at radius 1 is 1.25 bits per heavy atom. The molecule has 3 nitrogen and oxygen atoms in total. The number of methoxy groups -OCH3 is 1. The Morgan fingerprint density at radius 2 is 2.05 bits per heavy atom. The molecule has 0 radical (unpaired) electrons. The third kappa shape index (κ3) is 5.10. The third-order valence-electron chi connectivity index (χ3n) is 3.70. The van der Waals surface area contributed by atoms with Gasteiger partial charge in [-0.25, -0.2) is 4.39 Å². The molecule has 0 aromatic heterocycles. The molecule has 4 heteroatoms. The number of hydrogen-bond acceptors (Lipinski definition) is 3. The van der Waals surface area contributed by atoms with Crippen LogP contribution in [0.1, 0.15) is 31.2 Å². The van der Waals surface area contributed by atoms with Crippen molar-refractivity contribution in [2.24, 2.45) is 5.92 Å². The standard InChI is InChI=1S/C16H24FNO2/c1-19-7-6-18-11-14-8-15(17)10-16(9-14)20-12-13-4-2-3-5-13/h8-10,13,18H,2-7,11-12H2,1H3. The summed E-state index contributed by atoms with van der Waals surface area (Å²) in [4.78, 5) is 0. The molecule has 112 valence electrons. The van der Waals surface area contributed by atoms with Crippen LogP contribution in [0.25, 0.3) is 0 Å². The molecule has 0 atom stereocenters. The van der Waals surface area contributed by atoms with Gasteiger partial charge < -0.3 is 14.8 Å². The fraction of sp³-hybridized carbons (Fsp3) is 0.625. The number of nitrogens with one attached hydrogen (secondary N) is 1. The molecule has 1 saturated carbocycles. The lowest BCUT2D eigenvalue weighted by molar-refractivity contribution is 0.199. The Labute approximate surface area is 120 Å². The van der Waals surface area contributed by atoms with Crippen LogP contribution in [0.2, 0.25) is 0 Å². The highest BCUT2D eigenvalue weighted by Gasteiger charge is 2.15. The summed E-state index contributed by atoms with van der Waals surface area (Å²) < 4.78 is 24.3. The molecule has 1 aliphatic carbocycles. The molecule has 0 aliphatic heterocycles. The second-order valence-corrected chi connectivity index (χ2v) is 5.43. The van der Waals surface area contributed by atoms with Gasteiger partial charge in [-0.2, -0.15) is 0 Å². The molecule has 0 unspecified atom stereocenters. The zero-order chi connectivity index (χ0) is 14.2. The van der Waals surface area contributed by atoms with Crippen molar-refractivity contribution >= 4 is 0 Å². The van der Waals surface area contributed by atoms with Crippen molar-refractivity contribution in [2.45, 2.75) is 32.2 Å². The molecular weight excluding hydrogens is 257 g/mol. The Balaban J connectivity index is 1.83. The van der Waals surface area contributed by atoms with Crippen molar-refractivity contribution in [1.29, 1.82) is 0 Å². The van der Waals surface area contributed by atoms with E-state index in [4.69, 9.17) is 9.47 Å². The minimum Gasteiger partial charge on any atom is -0.493 e. The van der Waals surface area contributed by atoms with Gasteiger partial charge in [0.25, 0.3) is 0 Å². The predicted octanol–water partition coefficient (Wildman–Crippen LogP) is 3.13. The van der Waals surface area contributed by atoms with Crippen molar-refractivity contribution in [3.63, 3.8) is 0 Å². The smallest absolute Gasteiger partial charge is 0.127 e. The van der Waals surface area contributed by atoms with Gasteiger partial charge >= 0.3 is 0 Å². The van der Waals surface area contributed by atoms with E-state index in [1.807, 2.05) is 6.07 Å². The van der Waals surface area contributed by atoms with E-state index in [1.54, 1.807) is 13.2 Å². The molecular formula is C16H24FNO2. The van der Waals surface area contributed by atoms with Crippen LogP contribution < -0.4 is 10.1 Å². The lowest BCUT2D eigenvalue weighted by Gasteiger charge is -2.13. The topological polar surface area (TPSA) is 30.5 Å². The van der Waals surface area contributed by atoms with Crippen LogP contribution in [-0.2, 0) is 11.3 Å². The summed E-state index contributed by atoms with van der Waals surface area (Å²) in [7, 11) is 1.67. The van der Waals surface area contributed by atoms with Crippen LogP contribution in [-0.4, -0.2) is 26.9 Å². The minimum atomic E-state index is -0.238. The number of benzene rings is 1. The highest BCUT2D eigenvalue weighted by molar-refractivity contribution is 5.29. The Kier molecular flexibility index (Phi) is 6.27. The van der Waals surface area contributed by atoms with Crippen molar-refractivity contribution < 1.29 is 13.9 Å². The van der Waals surface area contributed by atoms with E-state index in [0.29, 0.717) is 31.4 Å². The first kappa shape index (κ1) is 15.3. The molecule has 1 N–H and O–H groups in total. The summed E-state index contributed by atoms with van der Waals surface area (Å²) in [6.45, 7) is 2.74. The van der Waals surface area contributed by atoms with Gasteiger partial charge in [0.05, 0.1) is 13.2 Å². The second kappa shape index (κ2) is 8.22. The summed E-state index contributed by atoms with van der Waals surface area (Å²) in [6, 6.07) is 4.92. The molecule has 0 bridgehead atoms. The molecule has 20 heavy (non-hydrogen) atoms. The Bertz CT molecular complexity index is 405. The lowest BCUT2D eigenvalue weighted by Crippen LogP contribution is -2.18. The molecule has 1 aromatic carbocycles. The molecule has 0 heterocycles. The summed E-state index contributed by atoms with van der Waals surface area (Å²) >= 11 is 0. The van der Waals surface area contributed by atoms with Crippen LogP contribution in [0.4, 0.5) is 4.39 Å². The van der Waals surface area contributed by atoms with Crippen LogP contribution in [0.3, 0.4) is 0 Å². The summed E-state index contributed by atoms with van der Waals surface area (Å²) in [5.74, 6) is 1.04. The van der Waals surface area contributed by atoms with E-state index >= 15 is 0 Å². The summed E-state index contributed by atoms with van der Waals surface area (Å²) in [6.07, 6.45) is 5.07. The van der Waals surface area contributed by atoms with E-state index in [1.165, 1.54) is 31.7 Å². The number of hydrogen-bond donors (Lipinski definition) is 1. The van der Waals surface area contributed by atoms with Crippen molar-refractivity contribution in [3.05, 3.63) is 29.6 Å². The minimum absolute atomic E-state index is 0.238. The van der Waals surface area contributed by atoms with Crippen molar-refractivity contribution in [1.82, 2.24) is 5.32 Å². The van der Waals surface area contributed by atoms with Gasteiger partial charge in [-0.05, 0) is 36.5 Å². The molecule has 1 aliphatic rings. The molecule has 1 aromatic rings. The van der Waals surface area contributed by atoms with Gasteiger partial charge in [0, 0.05) is 26.3 Å². The molecule has 0 saturated heterocycles. The molecule has 0 amide bonds. The summed E-state index contributed by atoms with van der Waals surface area (Å²) in [5.41, 5.74) is 0.905. The zero-order valence-corrected chi connectivity index (χ0v) is 12.2. The van der Waals surface area contributed by atoms with Crippen LogP contribution in [0.15, 0.2) is 18.2 Å². The Morgan fingerprint density at radius 3 is 2.80 bits per heavy atom. The van der Waals surface area contributed by atoms with E-state index < -0.39 is 0 Å². The van der Waals surface area contributed by atoms with Crippen molar-refractivity contribution in [2.75, 3.05) is 26.9 Å². The fourth-order valence-corrected chi connectivity index (χ4v) is 2.60. The lowest BCUT2D eigenvalue weighted by atomic mass is 10.1. The average molecular weight is 281 g/mol. The molecule has 2 rings (SSSR count). The van der Waals surface area contributed by atoms with Crippen LogP contribution in [0, 0.1) is 11.7 Å². The maximum atomic E-state index is 13.6. The highest BCUT2D eigenvalue weighted by Crippen LogP contribution is 2.26. The number of halogens is 1. The Hall–Kier alpha value is -1.13. The maximum Gasteiger partial charge on any atom is 0.127 e. The van der Waals surface area contributed by atoms with Gasteiger partial charge in [-0.15, -0.1) is 0 Å². The highest BCUT2D eigenvalue weighted by atomic mass is 19.1. The fourth-order valence-electron chi connectivity index (χ4n) is 2.60. The van der Waals surface area contributed by atoms with Gasteiger partial charge in [0.2, 0.25) is 0 Å². The number of rotatable bonds is 8. The van der Waals surface area contributed by atoms with E-state index in [0.717, 1.165) is 12.1 Å². The maximum absolute atomic E-state index is 13.6. The second-order valence-electron chi connectivity index (χ2n) is 5.43. The largest absolute Gasteiger partial charge is 0.493 e. The summed E-state index contributed by atoms with van der Waals surface area (Å²) in [5, 5.41) is 3.21. The first-order valence-electron chi connectivity index (χ1n) is 7.40. The predicted molar refractivity (Wildman–Crippen MR) is 77.4 cm³/mol. The van der Waals surface area contributed by atoms with Crippen LogP contribution >= 0.6 is 0 Å². The normalized spacial score (nSPS) is 15.7. The van der Waals surface area contributed by atoms with Gasteiger partial charge in [0.1, 0.15) is 11.6 Å². The van der Waals surface area contributed by atoms with E-state index in [-0.39, 0.29) is 5.82 Å². The SMILES string of the molecule is COCCNCc1cc(F)cc(OCC2CCCC2)c1. The van der Waals surface area contributed by atoms with E-state index in [9.17, 15) is 4.39 Å². The van der Waals surface area contributed by atoms with Crippen molar-refractivity contribution in [3.8, 4) is 5.75 Å². The van der Waals surface area contributed by atoms with Crippen LogP contribution in [0.5, 0.6) is 5.75 Å². The quantitative estimate of drug-likeness (QED) is 0.743. The van der Waals surface area contributed by atoms with Gasteiger partial charge in [-0.3, -0.25) is 0 Å². The average Bonchev–Trinajstić information content (AvgIpc) is 2.94. The third-order valence-corrected chi connectivity index (χ3v) is 3.70. The number of ether oxygens (including phenoxy) is 2. The van der Waals surface area contributed by atoms with E-state index in [2.05, 4.69) is 5.32 Å². The monoisotopic (exact) mass is 281 g/mol. The first-order chi connectivity index (χ1) is 9.78. The first-order valence-corrected chi connectivity index (χ1v) is 7.40. The molecule has 1 fully saturated rings. The van der Waals surface area contributed by atoms with Gasteiger partial charge in [-0.1, -0.05) is 12.8 Å². The zero-order valence-electron chi connectivity index (χ0n) is 12.2. The van der Waals surface area contributed by atoms with Gasteiger partial charge in [0.15, 0.2) is 0 Å².